The van der Waals surface area contributed by atoms with Crippen molar-refractivity contribution in [2.75, 3.05) is 5.32 Å². The molecule has 1 N–H and O–H groups in total. The van der Waals surface area contributed by atoms with Crippen LogP contribution in [0.1, 0.15) is 37.7 Å². The van der Waals surface area contributed by atoms with Crippen molar-refractivity contribution in [3.8, 4) is 11.1 Å². The molecule has 0 saturated heterocycles. The molecule has 0 fully saturated rings. The highest BCUT2D eigenvalue weighted by molar-refractivity contribution is 6.03. The van der Waals surface area contributed by atoms with Gasteiger partial charge in [-0.1, -0.05) is 62.2 Å². The highest BCUT2D eigenvalue weighted by Crippen LogP contribution is 2.39. The predicted molar refractivity (Wildman–Crippen MR) is 82.8 cm³/mol. The zero-order valence-corrected chi connectivity index (χ0v) is 11.7. The summed E-state index contributed by atoms with van der Waals surface area (Å²) in [5.41, 5.74) is 4.38. The number of amides is 1. The number of carbonyl (C=O) groups is 1. The van der Waals surface area contributed by atoms with E-state index in [9.17, 15) is 4.79 Å². The van der Waals surface area contributed by atoms with E-state index in [0.717, 1.165) is 36.1 Å². The maximum absolute atomic E-state index is 12.5. The number of anilines is 1. The van der Waals surface area contributed by atoms with Crippen LogP contribution >= 0.6 is 0 Å². The lowest BCUT2D eigenvalue weighted by atomic mass is 9.88. The lowest BCUT2D eigenvalue weighted by molar-refractivity contribution is -0.117. The van der Waals surface area contributed by atoms with E-state index in [1.54, 1.807) is 0 Å². The number of hydrogen-bond acceptors (Lipinski definition) is 1. The molecule has 0 bridgehead atoms. The molecule has 1 amide bonds. The first-order valence-corrected chi connectivity index (χ1v) is 7.30. The van der Waals surface area contributed by atoms with Gasteiger partial charge in [0.2, 0.25) is 5.91 Å². The summed E-state index contributed by atoms with van der Waals surface area (Å²) in [7, 11) is 0. The molecule has 0 saturated carbocycles. The Morgan fingerprint density at radius 2 is 1.70 bits per heavy atom. The zero-order chi connectivity index (χ0) is 13.9. The first kappa shape index (κ1) is 12.9. The molecule has 1 aliphatic rings. The fraction of sp³-hybridized carbons (Fsp3) is 0.278. The van der Waals surface area contributed by atoms with Gasteiger partial charge in [-0.05, 0) is 23.6 Å². The number of benzene rings is 2. The summed E-state index contributed by atoms with van der Waals surface area (Å²) in [6.07, 6.45) is 3.09. The smallest absolute Gasteiger partial charge is 0.231 e. The molecule has 0 aromatic heterocycles. The molecule has 0 unspecified atom stereocenters. The summed E-state index contributed by atoms with van der Waals surface area (Å²) in [5.74, 6) is 0.0781. The number of hydrogen-bond donors (Lipinski definition) is 1. The Bertz CT molecular complexity index is 633. The van der Waals surface area contributed by atoms with Gasteiger partial charge in [-0.15, -0.1) is 0 Å². The second kappa shape index (κ2) is 5.49. The van der Waals surface area contributed by atoms with Crippen molar-refractivity contribution in [1.82, 2.24) is 0 Å². The van der Waals surface area contributed by atoms with Gasteiger partial charge in [-0.2, -0.15) is 0 Å². The van der Waals surface area contributed by atoms with Crippen molar-refractivity contribution in [1.29, 1.82) is 0 Å². The van der Waals surface area contributed by atoms with Crippen LogP contribution in [-0.4, -0.2) is 5.91 Å². The fourth-order valence-electron chi connectivity index (χ4n) is 2.93. The molecule has 1 atom stereocenters. The van der Waals surface area contributed by atoms with Gasteiger partial charge in [-0.25, -0.2) is 0 Å². The standard InChI is InChI=1S/C18H19NO/c1-2-3-8-16-14-10-5-4-9-13(14)15-11-6-7-12-17(15)19-18(16)20/h4-7,9-12,16H,2-3,8H2,1H3,(H,19,20)/t16-/m0/s1. The minimum Gasteiger partial charge on any atom is -0.325 e. The Balaban J connectivity index is 2.14. The average molecular weight is 265 g/mol. The van der Waals surface area contributed by atoms with E-state index in [1.165, 1.54) is 5.56 Å². The van der Waals surface area contributed by atoms with Crippen molar-refractivity contribution in [3.05, 3.63) is 54.1 Å². The Kier molecular flexibility index (Phi) is 3.55. The van der Waals surface area contributed by atoms with E-state index >= 15 is 0 Å². The van der Waals surface area contributed by atoms with E-state index in [1.807, 2.05) is 30.3 Å². The maximum atomic E-state index is 12.5. The molecule has 1 aliphatic heterocycles. The van der Waals surface area contributed by atoms with Gasteiger partial charge in [0.05, 0.1) is 5.92 Å². The second-order valence-electron chi connectivity index (χ2n) is 5.32. The second-order valence-corrected chi connectivity index (χ2v) is 5.32. The maximum Gasteiger partial charge on any atom is 0.231 e. The van der Waals surface area contributed by atoms with Gasteiger partial charge in [0.15, 0.2) is 0 Å². The Hall–Kier alpha value is -2.09. The van der Waals surface area contributed by atoms with Gasteiger partial charge in [0.25, 0.3) is 0 Å². The molecule has 2 nitrogen and oxygen atoms in total. The van der Waals surface area contributed by atoms with E-state index in [2.05, 4.69) is 30.4 Å². The number of unbranched alkanes of at least 4 members (excludes halogenated alkanes) is 1. The summed E-state index contributed by atoms with van der Waals surface area (Å²) in [6.45, 7) is 2.16. The molecule has 102 valence electrons. The summed E-state index contributed by atoms with van der Waals surface area (Å²) >= 11 is 0. The molecule has 0 radical (unpaired) electrons. The SMILES string of the molecule is CCCC[C@@H]1C(=O)Nc2ccccc2-c2ccccc21. The van der Waals surface area contributed by atoms with Crippen molar-refractivity contribution in [2.24, 2.45) is 0 Å². The fourth-order valence-corrected chi connectivity index (χ4v) is 2.93. The quantitative estimate of drug-likeness (QED) is 0.864. The van der Waals surface area contributed by atoms with Crippen LogP contribution in [0.4, 0.5) is 5.69 Å². The molecule has 20 heavy (non-hydrogen) atoms. The van der Waals surface area contributed by atoms with Crippen molar-refractivity contribution in [2.45, 2.75) is 32.1 Å². The van der Waals surface area contributed by atoms with Crippen LogP contribution in [0.3, 0.4) is 0 Å². The minimum absolute atomic E-state index is 0.0430. The molecule has 0 spiro atoms. The van der Waals surface area contributed by atoms with E-state index in [-0.39, 0.29) is 11.8 Å². The number of para-hydroxylation sites is 1. The normalized spacial score (nSPS) is 16.9. The van der Waals surface area contributed by atoms with Crippen LogP contribution in [0, 0.1) is 0 Å². The summed E-state index contributed by atoms with van der Waals surface area (Å²) in [6, 6.07) is 16.3. The molecular formula is C18H19NO. The van der Waals surface area contributed by atoms with Crippen LogP contribution in [-0.2, 0) is 4.79 Å². The number of fused-ring (bicyclic) bond motifs is 3. The van der Waals surface area contributed by atoms with Gasteiger partial charge >= 0.3 is 0 Å². The highest BCUT2D eigenvalue weighted by atomic mass is 16.1. The van der Waals surface area contributed by atoms with Crippen molar-refractivity contribution >= 4 is 11.6 Å². The van der Waals surface area contributed by atoms with E-state index < -0.39 is 0 Å². The third kappa shape index (κ3) is 2.22. The molecule has 0 aliphatic carbocycles. The Morgan fingerprint density at radius 3 is 2.50 bits per heavy atom. The van der Waals surface area contributed by atoms with Gasteiger partial charge in [0, 0.05) is 11.3 Å². The topological polar surface area (TPSA) is 29.1 Å². The van der Waals surface area contributed by atoms with E-state index in [4.69, 9.17) is 0 Å². The molecule has 2 aromatic rings. The first-order valence-electron chi connectivity index (χ1n) is 7.30. The summed E-state index contributed by atoms with van der Waals surface area (Å²) in [4.78, 5) is 12.5. The monoisotopic (exact) mass is 265 g/mol. The number of nitrogens with one attached hydrogen (secondary N) is 1. The molecule has 2 aromatic carbocycles. The third-order valence-electron chi connectivity index (χ3n) is 3.97. The zero-order valence-electron chi connectivity index (χ0n) is 11.7. The van der Waals surface area contributed by atoms with Crippen LogP contribution in [0.25, 0.3) is 11.1 Å². The summed E-state index contributed by atoms with van der Waals surface area (Å²) < 4.78 is 0. The van der Waals surface area contributed by atoms with Gasteiger partial charge in [-0.3, -0.25) is 4.79 Å². The largest absolute Gasteiger partial charge is 0.325 e. The van der Waals surface area contributed by atoms with Crippen LogP contribution in [0.2, 0.25) is 0 Å². The highest BCUT2D eigenvalue weighted by Gasteiger charge is 2.27. The number of rotatable bonds is 3. The first-order chi connectivity index (χ1) is 9.81. The Labute approximate surface area is 119 Å². The number of carbonyl (C=O) groups excluding carboxylic acids is 1. The van der Waals surface area contributed by atoms with Crippen LogP contribution in [0.15, 0.2) is 48.5 Å². The molecular weight excluding hydrogens is 246 g/mol. The van der Waals surface area contributed by atoms with Crippen LogP contribution in [0.5, 0.6) is 0 Å². The lowest BCUT2D eigenvalue weighted by Crippen LogP contribution is -2.19. The van der Waals surface area contributed by atoms with Gasteiger partial charge < -0.3 is 5.32 Å². The average Bonchev–Trinajstić information content (AvgIpc) is 2.60. The lowest BCUT2D eigenvalue weighted by Gasteiger charge is -2.15. The predicted octanol–water partition coefficient (Wildman–Crippen LogP) is 4.58. The van der Waals surface area contributed by atoms with Crippen LogP contribution < -0.4 is 5.32 Å². The molecule has 2 heteroatoms. The molecule has 1 heterocycles. The van der Waals surface area contributed by atoms with Crippen molar-refractivity contribution < 1.29 is 4.79 Å². The third-order valence-corrected chi connectivity index (χ3v) is 3.97. The van der Waals surface area contributed by atoms with E-state index in [0.29, 0.717) is 0 Å². The summed E-state index contributed by atoms with van der Waals surface area (Å²) in [5, 5.41) is 3.09. The minimum atomic E-state index is -0.0430. The van der Waals surface area contributed by atoms with Gasteiger partial charge in [0.1, 0.15) is 0 Å². The molecule has 3 rings (SSSR count). The van der Waals surface area contributed by atoms with Crippen molar-refractivity contribution in [3.63, 3.8) is 0 Å². The Morgan fingerprint density at radius 1 is 1.00 bits per heavy atom.